The molecule has 5 fully saturated rings. The van der Waals surface area contributed by atoms with Crippen molar-refractivity contribution in [3.63, 3.8) is 0 Å². The van der Waals surface area contributed by atoms with E-state index in [1.807, 2.05) is 0 Å². The Morgan fingerprint density at radius 2 is 1.91 bits per heavy atom. The van der Waals surface area contributed by atoms with Crippen LogP contribution in [0.4, 0.5) is 0 Å². The lowest BCUT2D eigenvalue weighted by Gasteiger charge is -2.64. The van der Waals surface area contributed by atoms with E-state index in [2.05, 4.69) is 20.8 Å². The van der Waals surface area contributed by atoms with Crippen molar-refractivity contribution in [1.82, 2.24) is 0 Å². The predicted octanol–water partition coefficient (Wildman–Crippen LogP) is 3.45. The van der Waals surface area contributed by atoms with Gasteiger partial charge in [0, 0.05) is 5.82 Å². The molecule has 5 rings (SSSR count). The van der Waals surface area contributed by atoms with Crippen LogP contribution in [0.15, 0.2) is 0 Å². The molecule has 4 aliphatic carbocycles. The van der Waals surface area contributed by atoms with Gasteiger partial charge in [-0.05, 0) is 43.4 Å². The maximum absolute atomic E-state index is 12.2. The SMILES string of the molecule is COC(=O)[C@H]1CCCC[C@H]1B1O[C@H]2C[C@H]3C[C@H](C3(C)C)[C@@]2(C)O1. The fraction of sp³-hybridized carbons (Fsp3) is 0.944. The lowest BCUT2D eigenvalue weighted by atomic mass is 9.43. The highest BCUT2D eigenvalue weighted by molar-refractivity contribution is 6.48. The molecule has 0 amide bonds. The van der Waals surface area contributed by atoms with Crippen molar-refractivity contribution in [2.75, 3.05) is 7.11 Å². The largest absolute Gasteiger partial charge is 0.469 e. The molecule has 0 aromatic rings. The summed E-state index contributed by atoms with van der Waals surface area (Å²) >= 11 is 0. The minimum atomic E-state index is -0.232. The second-order valence-corrected chi connectivity index (χ2v) is 8.92. The second-order valence-electron chi connectivity index (χ2n) is 8.92. The van der Waals surface area contributed by atoms with Crippen LogP contribution < -0.4 is 0 Å². The summed E-state index contributed by atoms with van der Waals surface area (Å²) < 4.78 is 18.0. The molecule has 4 saturated carbocycles. The summed E-state index contributed by atoms with van der Waals surface area (Å²) in [5.74, 6) is 1.33. The molecule has 0 unspecified atom stereocenters. The second kappa shape index (κ2) is 5.22. The highest BCUT2D eigenvalue weighted by Gasteiger charge is 2.68. The first-order chi connectivity index (χ1) is 10.9. The highest BCUT2D eigenvalue weighted by atomic mass is 16.7. The minimum Gasteiger partial charge on any atom is -0.469 e. The maximum Gasteiger partial charge on any atom is 0.461 e. The fourth-order valence-corrected chi connectivity index (χ4v) is 6.01. The number of carbonyl (C=O) groups is 1. The van der Waals surface area contributed by atoms with Crippen LogP contribution in [0.2, 0.25) is 5.82 Å². The first kappa shape index (κ1) is 16.0. The first-order valence-electron chi connectivity index (χ1n) is 9.29. The van der Waals surface area contributed by atoms with Gasteiger partial charge in [0.15, 0.2) is 0 Å². The van der Waals surface area contributed by atoms with E-state index in [1.165, 1.54) is 13.5 Å². The first-order valence-corrected chi connectivity index (χ1v) is 9.29. The molecule has 2 bridgehead atoms. The third kappa shape index (κ3) is 2.15. The van der Waals surface area contributed by atoms with E-state index >= 15 is 0 Å². The number of hydrogen-bond acceptors (Lipinski definition) is 4. The lowest BCUT2D eigenvalue weighted by Crippen LogP contribution is -2.65. The molecule has 5 aliphatic rings. The van der Waals surface area contributed by atoms with Crippen molar-refractivity contribution in [2.45, 2.75) is 76.8 Å². The molecule has 6 atom stereocenters. The summed E-state index contributed by atoms with van der Waals surface area (Å²) in [7, 11) is 1.26. The monoisotopic (exact) mass is 320 g/mol. The number of carbonyl (C=O) groups excluding carboxylic acids is 1. The summed E-state index contributed by atoms with van der Waals surface area (Å²) in [4.78, 5) is 12.2. The van der Waals surface area contributed by atoms with E-state index < -0.39 is 0 Å². The topological polar surface area (TPSA) is 44.8 Å². The Bertz CT molecular complexity index is 507. The standard InChI is InChI=1S/C18H29BO4/c1-17(2)11-9-14(17)18(3)15(10-11)22-19(23-18)13-8-6-5-7-12(13)16(20)21-4/h11-15H,5-10H2,1-4H3/t11-,12+,13-,14-,15+,18-/m1/s1. The molecular weight excluding hydrogens is 291 g/mol. The van der Waals surface area contributed by atoms with Gasteiger partial charge in [-0.2, -0.15) is 0 Å². The Hall–Kier alpha value is -0.545. The van der Waals surface area contributed by atoms with Crippen molar-refractivity contribution in [1.29, 1.82) is 0 Å². The van der Waals surface area contributed by atoms with Crippen molar-refractivity contribution in [2.24, 2.45) is 23.2 Å². The van der Waals surface area contributed by atoms with Crippen molar-refractivity contribution < 1.29 is 18.8 Å². The summed E-state index contributed by atoms with van der Waals surface area (Å²) in [6.07, 6.45) is 6.73. The van der Waals surface area contributed by atoms with Crippen LogP contribution >= 0.6 is 0 Å². The number of ether oxygens (including phenoxy) is 1. The maximum atomic E-state index is 12.2. The van der Waals surface area contributed by atoms with Gasteiger partial charge < -0.3 is 14.0 Å². The van der Waals surface area contributed by atoms with Crippen LogP contribution in [-0.2, 0) is 18.8 Å². The Morgan fingerprint density at radius 1 is 1.17 bits per heavy atom. The zero-order chi connectivity index (χ0) is 16.4. The quantitative estimate of drug-likeness (QED) is 0.577. The van der Waals surface area contributed by atoms with Crippen LogP contribution in [-0.4, -0.2) is 31.9 Å². The summed E-state index contributed by atoms with van der Waals surface area (Å²) in [6, 6.07) is 0. The highest BCUT2D eigenvalue weighted by Crippen LogP contribution is 2.66. The Kier molecular flexibility index (Phi) is 3.62. The minimum absolute atomic E-state index is 0.0643. The van der Waals surface area contributed by atoms with Gasteiger partial charge in [-0.1, -0.05) is 33.1 Å². The molecule has 5 heteroatoms. The van der Waals surface area contributed by atoms with Crippen LogP contribution in [0.1, 0.15) is 59.3 Å². The molecule has 1 saturated heterocycles. The number of hydrogen-bond donors (Lipinski definition) is 0. The summed E-state index contributed by atoms with van der Waals surface area (Å²) in [5.41, 5.74) is 0.179. The van der Waals surface area contributed by atoms with Crippen LogP contribution in [0.5, 0.6) is 0 Å². The van der Waals surface area contributed by atoms with Crippen molar-refractivity contribution in [3.05, 3.63) is 0 Å². The molecule has 1 aliphatic heterocycles. The number of rotatable bonds is 2. The van der Waals surface area contributed by atoms with E-state index in [0.29, 0.717) is 11.3 Å². The van der Waals surface area contributed by atoms with Crippen LogP contribution in [0, 0.1) is 23.2 Å². The molecule has 1 heterocycles. The van der Waals surface area contributed by atoms with Gasteiger partial charge in [0.1, 0.15) is 0 Å². The van der Waals surface area contributed by atoms with E-state index in [0.717, 1.165) is 38.0 Å². The third-order valence-corrected chi connectivity index (χ3v) is 7.64. The van der Waals surface area contributed by atoms with E-state index in [-0.39, 0.29) is 36.5 Å². The fourth-order valence-electron chi connectivity index (χ4n) is 6.01. The van der Waals surface area contributed by atoms with Crippen molar-refractivity contribution >= 4 is 13.1 Å². The Balaban J connectivity index is 1.54. The molecule has 4 nitrogen and oxygen atoms in total. The van der Waals surface area contributed by atoms with E-state index in [1.54, 1.807) is 0 Å². The number of esters is 1. The molecule has 23 heavy (non-hydrogen) atoms. The smallest absolute Gasteiger partial charge is 0.461 e. The van der Waals surface area contributed by atoms with Gasteiger partial charge in [-0.25, -0.2) is 0 Å². The molecular formula is C18H29BO4. The third-order valence-electron chi connectivity index (χ3n) is 7.64. The normalized spacial score (nSPS) is 47.7. The molecule has 128 valence electrons. The van der Waals surface area contributed by atoms with Gasteiger partial charge in [0.05, 0.1) is 24.7 Å². The van der Waals surface area contributed by atoms with E-state index in [4.69, 9.17) is 14.0 Å². The molecule has 0 N–H and O–H groups in total. The average Bonchev–Trinajstić information content (AvgIpc) is 2.90. The van der Waals surface area contributed by atoms with Crippen LogP contribution in [0.25, 0.3) is 0 Å². The lowest BCUT2D eigenvalue weighted by molar-refractivity contribution is -0.199. The predicted molar refractivity (Wildman–Crippen MR) is 87.8 cm³/mol. The van der Waals surface area contributed by atoms with Crippen LogP contribution in [0.3, 0.4) is 0 Å². The molecule has 0 spiro atoms. The van der Waals surface area contributed by atoms with Crippen molar-refractivity contribution in [3.8, 4) is 0 Å². The van der Waals surface area contributed by atoms with Gasteiger partial charge in [-0.3, -0.25) is 4.79 Å². The zero-order valence-corrected chi connectivity index (χ0v) is 14.8. The summed E-state index contributed by atoms with van der Waals surface area (Å²) in [5, 5.41) is 0. The molecule has 0 radical (unpaired) electrons. The average molecular weight is 320 g/mol. The van der Waals surface area contributed by atoms with E-state index in [9.17, 15) is 4.79 Å². The van der Waals surface area contributed by atoms with Gasteiger partial charge in [0.2, 0.25) is 0 Å². The molecule has 0 aromatic carbocycles. The zero-order valence-electron chi connectivity index (χ0n) is 14.8. The Morgan fingerprint density at radius 3 is 2.61 bits per heavy atom. The van der Waals surface area contributed by atoms with Gasteiger partial charge >= 0.3 is 13.1 Å². The van der Waals surface area contributed by atoms with Gasteiger partial charge in [0.25, 0.3) is 0 Å². The number of methoxy groups -OCH3 is 1. The molecule has 0 aromatic heterocycles. The Labute approximate surface area is 139 Å². The summed E-state index contributed by atoms with van der Waals surface area (Å²) in [6.45, 7) is 7.00. The van der Waals surface area contributed by atoms with Gasteiger partial charge in [-0.15, -0.1) is 0 Å².